The van der Waals surface area contributed by atoms with Gasteiger partial charge in [0.15, 0.2) is 0 Å². The maximum atomic E-state index is 11.8. The average molecular weight is 388 g/mol. The van der Waals surface area contributed by atoms with Crippen LogP contribution in [-0.2, 0) is 4.79 Å². The quantitative estimate of drug-likeness (QED) is 0.319. The third-order valence-corrected chi connectivity index (χ3v) is 4.69. The molecule has 0 unspecified atom stereocenters. The van der Waals surface area contributed by atoms with Crippen LogP contribution in [0.4, 0.5) is 0 Å². The summed E-state index contributed by atoms with van der Waals surface area (Å²) in [7, 11) is 0. The molecule has 0 fully saturated rings. The van der Waals surface area contributed by atoms with E-state index in [1.165, 1.54) is 5.56 Å². The highest BCUT2D eigenvalue weighted by molar-refractivity contribution is 6.20. The van der Waals surface area contributed by atoms with E-state index in [2.05, 4.69) is 0 Å². The van der Waals surface area contributed by atoms with Crippen LogP contribution in [0.2, 0.25) is 0 Å². The highest BCUT2D eigenvalue weighted by atomic mass is 16.5. The molecule has 3 aromatic rings. The molecule has 0 aliphatic rings. The minimum absolute atomic E-state index is 0.216. The van der Waals surface area contributed by atoms with Crippen LogP contribution in [0.1, 0.15) is 22.3 Å². The monoisotopic (exact) mass is 388 g/mol. The van der Waals surface area contributed by atoms with Gasteiger partial charge in [0.2, 0.25) is 0 Å². The molecule has 4 nitrogen and oxygen atoms in total. The summed E-state index contributed by atoms with van der Waals surface area (Å²) < 4.78 is 11.7. The Morgan fingerprint density at radius 2 is 1.45 bits per heavy atom. The van der Waals surface area contributed by atoms with E-state index in [-0.39, 0.29) is 5.57 Å². The van der Waals surface area contributed by atoms with E-state index in [0.29, 0.717) is 30.1 Å². The van der Waals surface area contributed by atoms with E-state index in [9.17, 15) is 9.90 Å². The van der Waals surface area contributed by atoms with Crippen molar-refractivity contribution in [3.8, 4) is 11.5 Å². The maximum Gasteiger partial charge on any atom is 0.336 e. The zero-order valence-electron chi connectivity index (χ0n) is 16.6. The highest BCUT2D eigenvalue weighted by Crippen LogP contribution is 2.25. The van der Waals surface area contributed by atoms with Crippen LogP contribution in [0.15, 0.2) is 72.8 Å². The van der Waals surface area contributed by atoms with Gasteiger partial charge in [0, 0.05) is 5.56 Å². The smallest absolute Gasteiger partial charge is 0.336 e. The van der Waals surface area contributed by atoms with Gasteiger partial charge in [-0.25, -0.2) is 4.79 Å². The van der Waals surface area contributed by atoms with Gasteiger partial charge in [0.25, 0.3) is 0 Å². The van der Waals surface area contributed by atoms with Gasteiger partial charge >= 0.3 is 5.97 Å². The van der Waals surface area contributed by atoms with Gasteiger partial charge < -0.3 is 14.6 Å². The Morgan fingerprint density at radius 1 is 0.828 bits per heavy atom. The Kier molecular flexibility index (Phi) is 6.69. The zero-order chi connectivity index (χ0) is 20.6. The van der Waals surface area contributed by atoms with Crippen LogP contribution in [0.5, 0.6) is 11.5 Å². The van der Waals surface area contributed by atoms with E-state index in [0.717, 1.165) is 11.3 Å². The molecule has 0 saturated carbocycles. The second-order valence-corrected chi connectivity index (χ2v) is 6.66. The molecule has 4 heteroatoms. The molecule has 0 aliphatic heterocycles. The van der Waals surface area contributed by atoms with Gasteiger partial charge in [-0.2, -0.15) is 0 Å². The van der Waals surface area contributed by atoms with Crippen molar-refractivity contribution in [3.05, 3.63) is 95.1 Å². The fourth-order valence-electron chi connectivity index (χ4n) is 2.96. The summed E-state index contributed by atoms with van der Waals surface area (Å²) in [5.41, 5.74) is 3.87. The Labute approximate surface area is 171 Å². The average Bonchev–Trinajstić information content (AvgIpc) is 2.73. The van der Waals surface area contributed by atoms with Crippen molar-refractivity contribution in [3.63, 3.8) is 0 Å². The molecule has 0 amide bonds. The number of benzene rings is 3. The van der Waals surface area contributed by atoms with Crippen LogP contribution >= 0.6 is 0 Å². The second-order valence-electron chi connectivity index (χ2n) is 6.66. The van der Waals surface area contributed by atoms with Gasteiger partial charge in [-0.15, -0.1) is 0 Å². The van der Waals surface area contributed by atoms with Crippen LogP contribution in [0.3, 0.4) is 0 Å². The van der Waals surface area contributed by atoms with Crippen LogP contribution in [0.25, 0.3) is 11.6 Å². The predicted octanol–water partition coefficient (Wildman–Crippen LogP) is 5.39. The van der Waals surface area contributed by atoms with Crippen molar-refractivity contribution in [2.24, 2.45) is 0 Å². The standard InChI is InChI=1S/C25H24O4/c1-18-9-8-14-23(19(18)2)28-15-16-29-24-13-7-6-12-21(24)17-22(25(26)27)20-10-4-3-5-11-20/h3-14,17H,15-16H2,1-2H3,(H,26,27)/b22-17-. The number of aryl methyl sites for hydroxylation is 1. The molecule has 0 aromatic heterocycles. The second kappa shape index (κ2) is 9.60. The highest BCUT2D eigenvalue weighted by Gasteiger charge is 2.12. The minimum atomic E-state index is -0.982. The fourth-order valence-corrected chi connectivity index (χ4v) is 2.96. The minimum Gasteiger partial charge on any atom is -0.490 e. The number of para-hydroxylation sites is 1. The number of carboxylic acid groups (broad SMARTS) is 1. The first-order valence-electron chi connectivity index (χ1n) is 9.47. The third-order valence-electron chi connectivity index (χ3n) is 4.69. The lowest BCUT2D eigenvalue weighted by Gasteiger charge is -2.13. The van der Waals surface area contributed by atoms with Crippen molar-refractivity contribution in [1.29, 1.82) is 0 Å². The van der Waals surface area contributed by atoms with Crippen molar-refractivity contribution < 1.29 is 19.4 Å². The summed E-state index contributed by atoms with van der Waals surface area (Å²) in [5, 5.41) is 9.64. The molecule has 1 N–H and O–H groups in total. The summed E-state index contributed by atoms with van der Waals surface area (Å²) >= 11 is 0. The van der Waals surface area contributed by atoms with Gasteiger partial charge in [0.1, 0.15) is 24.7 Å². The van der Waals surface area contributed by atoms with Gasteiger partial charge in [-0.05, 0) is 48.7 Å². The number of hydrogen-bond donors (Lipinski definition) is 1. The molecule has 148 valence electrons. The Morgan fingerprint density at radius 3 is 2.17 bits per heavy atom. The molecule has 29 heavy (non-hydrogen) atoms. The van der Waals surface area contributed by atoms with Crippen molar-refractivity contribution in [1.82, 2.24) is 0 Å². The lowest BCUT2D eigenvalue weighted by molar-refractivity contribution is -0.130. The molecule has 0 saturated heterocycles. The maximum absolute atomic E-state index is 11.8. The Hall–Kier alpha value is -3.53. The van der Waals surface area contributed by atoms with E-state index < -0.39 is 5.97 Å². The van der Waals surface area contributed by atoms with Gasteiger partial charge in [0.05, 0.1) is 5.57 Å². The molecule has 0 heterocycles. The molecule has 3 aromatic carbocycles. The van der Waals surface area contributed by atoms with E-state index in [1.807, 2.05) is 74.5 Å². The first-order chi connectivity index (χ1) is 14.1. The zero-order valence-corrected chi connectivity index (χ0v) is 16.6. The summed E-state index contributed by atoms with van der Waals surface area (Å²) in [5.74, 6) is 0.482. The summed E-state index contributed by atoms with van der Waals surface area (Å²) in [4.78, 5) is 11.8. The van der Waals surface area contributed by atoms with Crippen LogP contribution in [0, 0.1) is 13.8 Å². The molecule has 0 radical (unpaired) electrons. The van der Waals surface area contributed by atoms with Crippen molar-refractivity contribution >= 4 is 17.6 Å². The van der Waals surface area contributed by atoms with E-state index >= 15 is 0 Å². The lowest BCUT2D eigenvalue weighted by Crippen LogP contribution is -2.10. The summed E-state index contributed by atoms with van der Waals surface area (Å²) in [6, 6.07) is 22.4. The molecule has 0 bridgehead atoms. The van der Waals surface area contributed by atoms with E-state index in [4.69, 9.17) is 9.47 Å². The Balaban J connectivity index is 1.72. The number of carbonyl (C=O) groups is 1. The van der Waals surface area contributed by atoms with Gasteiger partial charge in [-0.1, -0.05) is 60.7 Å². The number of hydrogen-bond acceptors (Lipinski definition) is 3. The Bertz CT molecular complexity index is 1010. The fraction of sp³-hybridized carbons (Fsp3) is 0.160. The SMILES string of the molecule is Cc1cccc(OCCOc2ccccc2/C=C(\C(=O)O)c2ccccc2)c1C. The molecule has 0 aliphatic carbocycles. The van der Waals surface area contributed by atoms with E-state index in [1.54, 1.807) is 18.2 Å². The van der Waals surface area contributed by atoms with Crippen LogP contribution in [-0.4, -0.2) is 24.3 Å². The summed E-state index contributed by atoms with van der Waals surface area (Å²) in [6.07, 6.45) is 1.64. The first-order valence-corrected chi connectivity index (χ1v) is 9.47. The molecule has 3 rings (SSSR count). The number of rotatable bonds is 8. The van der Waals surface area contributed by atoms with Gasteiger partial charge in [-0.3, -0.25) is 0 Å². The number of ether oxygens (including phenoxy) is 2. The normalized spacial score (nSPS) is 11.2. The third kappa shape index (κ3) is 5.26. The molecular weight excluding hydrogens is 364 g/mol. The van der Waals surface area contributed by atoms with Crippen molar-refractivity contribution in [2.45, 2.75) is 13.8 Å². The molecular formula is C25H24O4. The number of carboxylic acids is 1. The summed E-state index contributed by atoms with van der Waals surface area (Å²) in [6.45, 7) is 4.83. The first kappa shape index (κ1) is 20.2. The molecule has 0 atom stereocenters. The topological polar surface area (TPSA) is 55.8 Å². The largest absolute Gasteiger partial charge is 0.490 e. The van der Waals surface area contributed by atoms with Crippen molar-refractivity contribution in [2.75, 3.05) is 13.2 Å². The van der Waals surface area contributed by atoms with Crippen LogP contribution < -0.4 is 9.47 Å². The predicted molar refractivity (Wildman–Crippen MR) is 115 cm³/mol. The molecule has 0 spiro atoms. The lowest BCUT2D eigenvalue weighted by atomic mass is 10.0. The number of aliphatic carboxylic acids is 1.